The molecule has 0 unspecified atom stereocenters. The van der Waals surface area contributed by atoms with E-state index in [1.165, 1.54) is 12.8 Å². The van der Waals surface area contributed by atoms with Crippen LogP contribution >= 0.6 is 0 Å². The third kappa shape index (κ3) is 4.60. The van der Waals surface area contributed by atoms with E-state index in [4.69, 9.17) is 10.8 Å². The predicted octanol–water partition coefficient (Wildman–Crippen LogP) is 1.74. The lowest BCUT2D eigenvalue weighted by molar-refractivity contribution is -0.136. The first-order valence-corrected chi connectivity index (χ1v) is 7.35. The number of aromatic nitrogens is 2. The highest BCUT2D eigenvalue weighted by atomic mass is 16.4. The van der Waals surface area contributed by atoms with Crippen LogP contribution < -0.4 is 11.1 Å². The smallest absolute Gasteiger partial charge is 0.307 e. The number of aliphatic carboxylic acids is 1. The van der Waals surface area contributed by atoms with Gasteiger partial charge in [-0.2, -0.15) is 5.10 Å². The summed E-state index contributed by atoms with van der Waals surface area (Å²) in [6, 6.07) is 11.5. The standard InChI is InChI=1S/C8H14N4.C8H8O2/c1-12-8(9)5-7(11-12)6-3-2-4-10-6;9-8(10)6-7-4-2-1-3-5-7/h5-6,10H,2-4,9H2,1H3;1-5H,6H2,(H,9,10)/t6-;/m1./s1. The van der Waals surface area contributed by atoms with Crippen LogP contribution in [-0.2, 0) is 18.3 Å². The molecular weight excluding hydrogens is 280 g/mol. The van der Waals surface area contributed by atoms with Crippen LogP contribution in [0.1, 0.15) is 30.1 Å². The van der Waals surface area contributed by atoms with E-state index >= 15 is 0 Å². The first-order chi connectivity index (χ1) is 10.6. The second-order valence-electron chi connectivity index (χ2n) is 5.32. The van der Waals surface area contributed by atoms with Crippen LogP contribution in [0.5, 0.6) is 0 Å². The highest BCUT2D eigenvalue weighted by molar-refractivity contribution is 5.70. The summed E-state index contributed by atoms with van der Waals surface area (Å²) in [6.45, 7) is 1.10. The predicted molar refractivity (Wildman–Crippen MR) is 85.4 cm³/mol. The van der Waals surface area contributed by atoms with Crippen molar-refractivity contribution in [1.82, 2.24) is 15.1 Å². The summed E-state index contributed by atoms with van der Waals surface area (Å²) in [7, 11) is 1.87. The van der Waals surface area contributed by atoms with Gasteiger partial charge in [-0.25, -0.2) is 0 Å². The lowest BCUT2D eigenvalue weighted by Crippen LogP contribution is -2.13. The van der Waals surface area contributed by atoms with Gasteiger partial charge in [0.25, 0.3) is 0 Å². The van der Waals surface area contributed by atoms with E-state index in [1.807, 2.05) is 31.3 Å². The molecule has 0 radical (unpaired) electrons. The highest BCUT2D eigenvalue weighted by Gasteiger charge is 2.18. The Hall–Kier alpha value is -2.34. The number of carboxylic acids is 1. The molecule has 2 heterocycles. The minimum atomic E-state index is -0.786. The van der Waals surface area contributed by atoms with Gasteiger partial charge in [0.15, 0.2) is 0 Å². The molecule has 1 fully saturated rings. The molecule has 6 nitrogen and oxygen atoms in total. The number of rotatable bonds is 3. The summed E-state index contributed by atoms with van der Waals surface area (Å²) in [6.07, 6.45) is 2.53. The summed E-state index contributed by atoms with van der Waals surface area (Å²) in [5, 5.41) is 16.1. The van der Waals surface area contributed by atoms with Crippen LogP contribution in [0, 0.1) is 0 Å². The summed E-state index contributed by atoms with van der Waals surface area (Å²) >= 11 is 0. The Morgan fingerprint density at radius 1 is 1.45 bits per heavy atom. The minimum absolute atomic E-state index is 0.112. The Labute approximate surface area is 129 Å². The summed E-state index contributed by atoms with van der Waals surface area (Å²) < 4.78 is 1.72. The van der Waals surface area contributed by atoms with Crippen molar-refractivity contribution in [3.8, 4) is 0 Å². The largest absolute Gasteiger partial charge is 0.481 e. The number of aryl methyl sites for hydroxylation is 1. The van der Waals surface area contributed by atoms with Crippen molar-refractivity contribution in [3.63, 3.8) is 0 Å². The Kier molecular flexibility index (Phi) is 5.55. The molecule has 4 N–H and O–H groups in total. The first-order valence-electron chi connectivity index (χ1n) is 7.35. The fraction of sp³-hybridized carbons (Fsp3) is 0.375. The molecule has 1 aromatic carbocycles. The van der Waals surface area contributed by atoms with Crippen LogP contribution in [-0.4, -0.2) is 27.4 Å². The quantitative estimate of drug-likeness (QED) is 0.803. The molecule has 1 aliphatic rings. The first kappa shape index (κ1) is 16.0. The fourth-order valence-corrected chi connectivity index (χ4v) is 2.38. The second kappa shape index (κ2) is 7.61. The van der Waals surface area contributed by atoms with Gasteiger partial charge in [0.05, 0.1) is 18.2 Å². The van der Waals surface area contributed by atoms with Gasteiger partial charge in [-0.15, -0.1) is 0 Å². The van der Waals surface area contributed by atoms with E-state index in [2.05, 4.69) is 10.4 Å². The minimum Gasteiger partial charge on any atom is -0.481 e. The molecule has 0 aliphatic carbocycles. The average molecular weight is 302 g/mol. The van der Waals surface area contributed by atoms with Crippen LogP contribution in [0.25, 0.3) is 0 Å². The number of benzene rings is 1. The Bertz CT molecular complexity index is 584. The third-order valence-electron chi connectivity index (χ3n) is 3.55. The van der Waals surface area contributed by atoms with Crippen LogP contribution in [0.4, 0.5) is 5.82 Å². The van der Waals surface area contributed by atoms with Gasteiger partial charge in [0, 0.05) is 13.1 Å². The van der Waals surface area contributed by atoms with Crippen molar-refractivity contribution < 1.29 is 9.90 Å². The van der Waals surface area contributed by atoms with Crippen LogP contribution in [0.15, 0.2) is 36.4 Å². The molecule has 0 bridgehead atoms. The normalized spacial score (nSPS) is 16.9. The van der Waals surface area contributed by atoms with E-state index in [-0.39, 0.29) is 6.42 Å². The second-order valence-corrected chi connectivity index (χ2v) is 5.32. The summed E-state index contributed by atoms with van der Waals surface area (Å²) in [4.78, 5) is 10.2. The molecule has 1 aromatic heterocycles. The number of anilines is 1. The molecule has 118 valence electrons. The van der Waals surface area contributed by atoms with Gasteiger partial charge in [-0.05, 0) is 24.9 Å². The highest BCUT2D eigenvalue weighted by Crippen LogP contribution is 2.22. The number of nitrogens with two attached hydrogens (primary N) is 1. The Morgan fingerprint density at radius 2 is 2.18 bits per heavy atom. The zero-order valence-corrected chi connectivity index (χ0v) is 12.7. The van der Waals surface area contributed by atoms with E-state index in [1.54, 1.807) is 16.8 Å². The zero-order chi connectivity index (χ0) is 15.9. The lowest BCUT2D eigenvalue weighted by atomic mass is 10.2. The molecule has 22 heavy (non-hydrogen) atoms. The fourth-order valence-electron chi connectivity index (χ4n) is 2.38. The monoisotopic (exact) mass is 302 g/mol. The molecule has 0 saturated carbocycles. The van der Waals surface area contributed by atoms with Crippen LogP contribution in [0.2, 0.25) is 0 Å². The Balaban J connectivity index is 0.000000164. The third-order valence-corrected chi connectivity index (χ3v) is 3.55. The zero-order valence-electron chi connectivity index (χ0n) is 12.7. The summed E-state index contributed by atoms with van der Waals surface area (Å²) in [5.41, 5.74) is 7.60. The maximum absolute atomic E-state index is 10.2. The lowest BCUT2D eigenvalue weighted by Gasteiger charge is -2.04. The number of nitrogen functional groups attached to an aromatic ring is 1. The maximum atomic E-state index is 10.2. The van der Waals surface area contributed by atoms with Crippen molar-refractivity contribution >= 4 is 11.8 Å². The van der Waals surface area contributed by atoms with Crippen molar-refractivity contribution in [2.75, 3.05) is 12.3 Å². The molecule has 3 rings (SSSR count). The van der Waals surface area contributed by atoms with Gasteiger partial charge in [0.2, 0.25) is 0 Å². The van der Waals surface area contributed by atoms with Crippen molar-refractivity contribution in [3.05, 3.63) is 47.7 Å². The van der Waals surface area contributed by atoms with Crippen LogP contribution in [0.3, 0.4) is 0 Å². The average Bonchev–Trinajstić information content (AvgIpc) is 3.11. The SMILES string of the molecule is Cn1nc([C@H]2CCCN2)cc1N.O=C(O)Cc1ccccc1. The molecule has 0 amide bonds. The van der Waals surface area contributed by atoms with Gasteiger partial charge in [-0.1, -0.05) is 30.3 Å². The van der Waals surface area contributed by atoms with Crippen molar-refractivity contribution in [2.24, 2.45) is 7.05 Å². The van der Waals surface area contributed by atoms with Gasteiger partial charge in [0.1, 0.15) is 5.82 Å². The van der Waals surface area contributed by atoms with Gasteiger partial charge >= 0.3 is 5.97 Å². The van der Waals surface area contributed by atoms with Crippen molar-refractivity contribution in [1.29, 1.82) is 0 Å². The topological polar surface area (TPSA) is 93.2 Å². The molecule has 0 spiro atoms. The summed E-state index contributed by atoms with van der Waals surface area (Å²) in [5.74, 6) is -0.0510. The van der Waals surface area contributed by atoms with E-state index in [0.717, 1.165) is 23.6 Å². The molecule has 1 atom stereocenters. The molecule has 6 heteroatoms. The number of carbonyl (C=O) groups is 1. The molecule has 1 aliphatic heterocycles. The number of nitrogens with zero attached hydrogens (tertiary/aromatic N) is 2. The van der Waals surface area contributed by atoms with Gasteiger partial charge in [-0.3, -0.25) is 9.48 Å². The molecule has 2 aromatic rings. The van der Waals surface area contributed by atoms with E-state index in [0.29, 0.717) is 6.04 Å². The number of hydrogen-bond donors (Lipinski definition) is 3. The van der Waals surface area contributed by atoms with E-state index in [9.17, 15) is 4.79 Å². The Morgan fingerprint density at radius 3 is 2.68 bits per heavy atom. The number of nitrogens with one attached hydrogen (secondary N) is 1. The van der Waals surface area contributed by atoms with Crippen molar-refractivity contribution in [2.45, 2.75) is 25.3 Å². The number of carboxylic acid groups (broad SMARTS) is 1. The molecular formula is C16H22N4O2. The van der Waals surface area contributed by atoms with Gasteiger partial charge < -0.3 is 16.2 Å². The maximum Gasteiger partial charge on any atom is 0.307 e. The number of hydrogen-bond acceptors (Lipinski definition) is 4. The molecule has 1 saturated heterocycles. The van der Waals surface area contributed by atoms with E-state index < -0.39 is 5.97 Å².